The van der Waals surface area contributed by atoms with E-state index in [1.54, 1.807) is 50.4 Å². The SMILES string of the molecule is COc1cc(OC)cc(C(=O)Oc2cc(C)c3c(c2)O/C(=C\c2ccccc2OC)C3=O)c1. The van der Waals surface area contributed by atoms with Gasteiger partial charge in [0.05, 0.1) is 32.5 Å². The monoisotopic (exact) mass is 446 g/mol. The summed E-state index contributed by atoms with van der Waals surface area (Å²) < 4.78 is 27.1. The van der Waals surface area contributed by atoms with E-state index in [-0.39, 0.29) is 22.9 Å². The predicted molar refractivity (Wildman–Crippen MR) is 122 cm³/mol. The van der Waals surface area contributed by atoms with Crippen molar-refractivity contribution in [2.24, 2.45) is 0 Å². The van der Waals surface area contributed by atoms with Gasteiger partial charge in [0.15, 0.2) is 5.76 Å². The summed E-state index contributed by atoms with van der Waals surface area (Å²) in [6.07, 6.45) is 1.63. The van der Waals surface area contributed by atoms with Gasteiger partial charge in [-0.2, -0.15) is 0 Å². The van der Waals surface area contributed by atoms with Gasteiger partial charge in [-0.15, -0.1) is 0 Å². The Morgan fingerprint density at radius 2 is 1.58 bits per heavy atom. The topological polar surface area (TPSA) is 80.3 Å². The number of Topliss-reactive ketones (excluding diaryl/α,β-unsaturated/α-hetero) is 1. The summed E-state index contributed by atoms with van der Waals surface area (Å²) in [5.74, 6) is 1.45. The fourth-order valence-corrected chi connectivity index (χ4v) is 3.55. The largest absolute Gasteiger partial charge is 0.497 e. The third kappa shape index (κ3) is 4.39. The van der Waals surface area contributed by atoms with Crippen molar-refractivity contribution in [1.29, 1.82) is 0 Å². The molecule has 0 amide bonds. The van der Waals surface area contributed by atoms with E-state index in [1.807, 2.05) is 18.2 Å². The molecular formula is C26H22O7. The maximum absolute atomic E-state index is 12.9. The van der Waals surface area contributed by atoms with E-state index in [9.17, 15) is 9.59 Å². The number of esters is 1. The number of fused-ring (bicyclic) bond motifs is 1. The number of hydrogen-bond donors (Lipinski definition) is 0. The van der Waals surface area contributed by atoms with Crippen LogP contribution in [-0.4, -0.2) is 33.1 Å². The van der Waals surface area contributed by atoms with Gasteiger partial charge in [0, 0.05) is 17.7 Å². The second-order valence-electron chi connectivity index (χ2n) is 7.29. The minimum absolute atomic E-state index is 0.165. The first-order chi connectivity index (χ1) is 15.9. The summed E-state index contributed by atoms with van der Waals surface area (Å²) in [5, 5.41) is 0. The number of benzene rings is 3. The first kappa shape index (κ1) is 22.0. The summed E-state index contributed by atoms with van der Waals surface area (Å²) in [6.45, 7) is 1.76. The number of carbonyl (C=O) groups excluding carboxylic acids is 2. The van der Waals surface area contributed by atoms with Crippen molar-refractivity contribution in [3.8, 4) is 28.7 Å². The number of rotatable bonds is 6. The Balaban J connectivity index is 1.62. The Labute approximate surface area is 191 Å². The molecule has 0 atom stereocenters. The van der Waals surface area contributed by atoms with Gasteiger partial charge in [-0.25, -0.2) is 4.79 Å². The van der Waals surface area contributed by atoms with Crippen molar-refractivity contribution in [3.05, 3.63) is 82.6 Å². The summed E-state index contributed by atoms with van der Waals surface area (Å²) in [4.78, 5) is 25.7. The lowest BCUT2D eigenvalue weighted by molar-refractivity contribution is 0.0733. The molecule has 0 radical (unpaired) electrons. The van der Waals surface area contributed by atoms with Crippen LogP contribution in [0.15, 0.2) is 60.4 Å². The normalized spacial score (nSPS) is 13.3. The third-order valence-corrected chi connectivity index (χ3v) is 5.17. The number of carbonyl (C=O) groups is 2. The van der Waals surface area contributed by atoms with Crippen molar-refractivity contribution in [2.45, 2.75) is 6.92 Å². The number of ketones is 1. The highest BCUT2D eigenvalue weighted by atomic mass is 16.5. The smallest absolute Gasteiger partial charge is 0.343 e. The summed E-state index contributed by atoms with van der Waals surface area (Å²) in [6, 6.07) is 15.2. The lowest BCUT2D eigenvalue weighted by Gasteiger charge is -2.10. The molecule has 33 heavy (non-hydrogen) atoms. The van der Waals surface area contributed by atoms with Crippen LogP contribution in [0.4, 0.5) is 0 Å². The Bertz CT molecular complexity index is 1250. The zero-order chi connectivity index (χ0) is 23.5. The van der Waals surface area contributed by atoms with Crippen LogP contribution in [0.5, 0.6) is 28.7 Å². The quantitative estimate of drug-likeness (QED) is 0.304. The first-order valence-corrected chi connectivity index (χ1v) is 10.1. The van der Waals surface area contributed by atoms with Gasteiger partial charge in [0.25, 0.3) is 0 Å². The Morgan fingerprint density at radius 1 is 0.879 bits per heavy atom. The predicted octanol–water partition coefficient (Wildman–Crippen LogP) is 4.86. The Kier molecular flexibility index (Phi) is 6.04. The number of methoxy groups -OCH3 is 3. The Hall–Kier alpha value is -4.26. The number of para-hydroxylation sites is 1. The molecule has 0 saturated heterocycles. The number of allylic oxidation sites excluding steroid dienone is 1. The van der Waals surface area contributed by atoms with Gasteiger partial charge in [0.1, 0.15) is 28.7 Å². The van der Waals surface area contributed by atoms with Gasteiger partial charge in [-0.1, -0.05) is 18.2 Å². The Morgan fingerprint density at radius 3 is 2.24 bits per heavy atom. The molecule has 7 nitrogen and oxygen atoms in total. The van der Waals surface area contributed by atoms with Crippen molar-refractivity contribution < 1.29 is 33.3 Å². The molecule has 1 aliphatic rings. The highest BCUT2D eigenvalue weighted by molar-refractivity contribution is 6.15. The van der Waals surface area contributed by atoms with Crippen LogP contribution < -0.4 is 23.7 Å². The second-order valence-corrected chi connectivity index (χ2v) is 7.29. The standard InChI is InChI=1S/C26H22O7/c1-15-9-20(32-26(28)17-10-18(29-2)13-19(11-17)30-3)14-22-24(15)25(27)23(33-22)12-16-7-5-6-8-21(16)31-4/h5-14H,1-4H3/b23-12-. The molecule has 0 aliphatic carbocycles. The van der Waals surface area contributed by atoms with Gasteiger partial charge in [0.2, 0.25) is 5.78 Å². The molecule has 0 saturated carbocycles. The van der Waals surface area contributed by atoms with Crippen LogP contribution in [0.1, 0.15) is 31.8 Å². The molecule has 4 rings (SSSR count). The molecule has 0 bridgehead atoms. The highest BCUT2D eigenvalue weighted by Gasteiger charge is 2.30. The molecule has 0 unspecified atom stereocenters. The minimum Gasteiger partial charge on any atom is -0.497 e. The van der Waals surface area contributed by atoms with Crippen LogP contribution in [0, 0.1) is 6.92 Å². The average molecular weight is 446 g/mol. The molecule has 3 aromatic carbocycles. The third-order valence-electron chi connectivity index (χ3n) is 5.17. The van der Waals surface area contributed by atoms with Crippen LogP contribution in [0.25, 0.3) is 6.08 Å². The lowest BCUT2D eigenvalue weighted by Crippen LogP contribution is -2.09. The number of ether oxygens (including phenoxy) is 5. The molecule has 0 fully saturated rings. The van der Waals surface area contributed by atoms with Crippen LogP contribution >= 0.6 is 0 Å². The molecule has 1 aliphatic heterocycles. The molecule has 0 aromatic heterocycles. The van der Waals surface area contributed by atoms with Crippen molar-refractivity contribution in [3.63, 3.8) is 0 Å². The summed E-state index contributed by atoms with van der Waals surface area (Å²) >= 11 is 0. The molecule has 7 heteroatoms. The molecule has 0 spiro atoms. The molecular weight excluding hydrogens is 424 g/mol. The van der Waals surface area contributed by atoms with Crippen LogP contribution in [0.2, 0.25) is 0 Å². The summed E-state index contributed by atoms with van der Waals surface area (Å²) in [5.41, 5.74) is 2.04. The van der Waals surface area contributed by atoms with E-state index >= 15 is 0 Å². The second kappa shape index (κ2) is 9.08. The lowest BCUT2D eigenvalue weighted by atomic mass is 10.0. The maximum atomic E-state index is 12.9. The van der Waals surface area contributed by atoms with Crippen LogP contribution in [-0.2, 0) is 0 Å². The molecule has 3 aromatic rings. The average Bonchev–Trinajstić information content (AvgIpc) is 3.14. The first-order valence-electron chi connectivity index (χ1n) is 10.1. The van der Waals surface area contributed by atoms with E-state index in [4.69, 9.17) is 23.7 Å². The zero-order valence-corrected chi connectivity index (χ0v) is 18.6. The number of aryl methyl sites for hydroxylation is 1. The zero-order valence-electron chi connectivity index (χ0n) is 18.6. The van der Waals surface area contributed by atoms with Crippen molar-refractivity contribution >= 4 is 17.8 Å². The van der Waals surface area contributed by atoms with E-state index in [2.05, 4.69) is 0 Å². The maximum Gasteiger partial charge on any atom is 0.343 e. The fourth-order valence-electron chi connectivity index (χ4n) is 3.55. The van der Waals surface area contributed by atoms with Gasteiger partial charge < -0.3 is 23.7 Å². The number of hydrogen-bond acceptors (Lipinski definition) is 7. The van der Waals surface area contributed by atoms with E-state index < -0.39 is 5.97 Å². The van der Waals surface area contributed by atoms with Gasteiger partial charge in [-0.3, -0.25) is 4.79 Å². The van der Waals surface area contributed by atoms with E-state index in [0.717, 1.165) is 0 Å². The van der Waals surface area contributed by atoms with E-state index in [0.29, 0.717) is 39.7 Å². The van der Waals surface area contributed by atoms with Gasteiger partial charge >= 0.3 is 5.97 Å². The van der Waals surface area contributed by atoms with Crippen molar-refractivity contribution in [2.75, 3.05) is 21.3 Å². The highest BCUT2D eigenvalue weighted by Crippen LogP contribution is 2.38. The fraction of sp³-hybridized carbons (Fsp3) is 0.154. The summed E-state index contributed by atoms with van der Waals surface area (Å²) in [7, 11) is 4.56. The molecule has 168 valence electrons. The van der Waals surface area contributed by atoms with Gasteiger partial charge in [-0.05, 0) is 42.8 Å². The van der Waals surface area contributed by atoms with E-state index in [1.165, 1.54) is 20.3 Å². The van der Waals surface area contributed by atoms with Crippen LogP contribution in [0.3, 0.4) is 0 Å². The minimum atomic E-state index is -0.597. The van der Waals surface area contributed by atoms with Crippen molar-refractivity contribution in [1.82, 2.24) is 0 Å². The molecule has 1 heterocycles. The molecule has 0 N–H and O–H groups in total.